The summed E-state index contributed by atoms with van der Waals surface area (Å²) in [7, 11) is 0. The minimum Gasteiger partial charge on any atom is -0.462 e. The largest absolute Gasteiger partial charge is 0.462 e. The van der Waals surface area contributed by atoms with Crippen LogP contribution in [-0.4, -0.2) is 18.4 Å². The summed E-state index contributed by atoms with van der Waals surface area (Å²) in [5.41, 5.74) is 1.64. The summed E-state index contributed by atoms with van der Waals surface area (Å²) in [5, 5.41) is 3.52. The molecule has 0 atom stereocenters. The van der Waals surface area contributed by atoms with E-state index in [-0.39, 0.29) is 5.97 Å². The predicted molar refractivity (Wildman–Crippen MR) is 118 cm³/mol. The lowest BCUT2D eigenvalue weighted by Gasteiger charge is -2.30. The Kier molecular flexibility index (Phi) is 5.98. The van der Waals surface area contributed by atoms with E-state index in [2.05, 4.69) is 67.3 Å². The summed E-state index contributed by atoms with van der Waals surface area (Å²) < 4.78 is 5.43. The van der Waals surface area contributed by atoms with Crippen LogP contribution < -0.4 is 15.9 Å². The first-order chi connectivity index (χ1) is 13.1. The van der Waals surface area contributed by atoms with Crippen molar-refractivity contribution in [3.8, 4) is 0 Å². The van der Waals surface area contributed by atoms with Crippen LogP contribution in [-0.2, 0) is 4.74 Å². The minimum absolute atomic E-state index is 0.247. The quantitative estimate of drug-likeness (QED) is 0.491. The van der Waals surface area contributed by atoms with Gasteiger partial charge in [-0.05, 0) is 49.1 Å². The van der Waals surface area contributed by atoms with E-state index >= 15 is 0 Å². The summed E-state index contributed by atoms with van der Waals surface area (Å²) in [6, 6.07) is 27.1. The van der Waals surface area contributed by atoms with Gasteiger partial charge in [0.05, 0.1) is 12.2 Å². The Morgan fingerprint density at radius 1 is 0.889 bits per heavy atom. The zero-order valence-electron chi connectivity index (χ0n) is 16.1. The van der Waals surface area contributed by atoms with Gasteiger partial charge in [0.2, 0.25) is 0 Å². The SMILES string of the molecule is CC=P(c1ccccc1)(c1ccccc1)c1cccc(C)c1C(=O)OCC. The maximum Gasteiger partial charge on any atom is 0.339 e. The first-order valence-corrected chi connectivity index (χ1v) is 11.1. The van der Waals surface area contributed by atoms with E-state index < -0.39 is 6.89 Å². The molecule has 0 saturated heterocycles. The van der Waals surface area contributed by atoms with E-state index in [1.165, 1.54) is 10.6 Å². The molecule has 3 aromatic rings. The average molecular weight is 376 g/mol. The van der Waals surface area contributed by atoms with Crippen LogP contribution in [0, 0.1) is 6.92 Å². The van der Waals surface area contributed by atoms with Crippen LogP contribution in [0.3, 0.4) is 0 Å². The molecule has 138 valence electrons. The molecule has 3 aromatic carbocycles. The smallest absolute Gasteiger partial charge is 0.339 e. The van der Waals surface area contributed by atoms with Crippen LogP contribution in [0.2, 0.25) is 0 Å². The molecule has 0 saturated carbocycles. The number of carbonyl (C=O) groups is 1. The summed E-state index contributed by atoms with van der Waals surface area (Å²) in [6.07, 6.45) is 0. The van der Waals surface area contributed by atoms with Crippen molar-refractivity contribution in [3.63, 3.8) is 0 Å². The van der Waals surface area contributed by atoms with Crippen LogP contribution in [0.5, 0.6) is 0 Å². The summed E-state index contributed by atoms with van der Waals surface area (Å²) in [4.78, 5) is 12.9. The van der Waals surface area contributed by atoms with Crippen molar-refractivity contribution in [2.75, 3.05) is 6.61 Å². The highest BCUT2D eigenvalue weighted by Gasteiger charge is 2.29. The average Bonchev–Trinajstić information content (AvgIpc) is 2.71. The van der Waals surface area contributed by atoms with Crippen LogP contribution in [0.1, 0.15) is 29.8 Å². The number of esters is 1. The fourth-order valence-corrected chi connectivity index (χ4v) is 7.56. The molecule has 0 aliphatic carbocycles. The third kappa shape index (κ3) is 3.50. The second kappa shape index (κ2) is 8.41. The summed E-state index contributed by atoms with van der Waals surface area (Å²) >= 11 is 0. The third-order valence-corrected chi connectivity index (χ3v) is 8.96. The highest BCUT2D eigenvalue weighted by Crippen LogP contribution is 2.44. The normalized spacial score (nSPS) is 11.1. The monoisotopic (exact) mass is 376 g/mol. The van der Waals surface area contributed by atoms with Gasteiger partial charge in [0.15, 0.2) is 0 Å². The van der Waals surface area contributed by atoms with Crippen molar-refractivity contribution in [1.29, 1.82) is 0 Å². The van der Waals surface area contributed by atoms with Crippen molar-refractivity contribution in [1.82, 2.24) is 0 Å². The van der Waals surface area contributed by atoms with Crippen LogP contribution in [0.25, 0.3) is 0 Å². The molecular weight excluding hydrogens is 351 g/mol. The van der Waals surface area contributed by atoms with E-state index in [0.29, 0.717) is 12.2 Å². The van der Waals surface area contributed by atoms with Crippen LogP contribution >= 0.6 is 6.89 Å². The predicted octanol–water partition coefficient (Wildman–Crippen LogP) is 4.29. The van der Waals surface area contributed by atoms with Gasteiger partial charge in [-0.2, -0.15) is 0 Å². The number of hydrogen-bond acceptors (Lipinski definition) is 2. The fourth-order valence-electron chi connectivity index (χ4n) is 3.61. The molecular formula is C24H25O2P. The fraction of sp³-hybridized carbons (Fsp3) is 0.167. The Labute approximate surface area is 161 Å². The third-order valence-electron chi connectivity index (χ3n) is 4.82. The van der Waals surface area contributed by atoms with Crippen molar-refractivity contribution >= 4 is 34.6 Å². The van der Waals surface area contributed by atoms with E-state index in [4.69, 9.17) is 4.74 Å². The van der Waals surface area contributed by atoms with Crippen molar-refractivity contribution < 1.29 is 9.53 Å². The second-order valence-electron chi connectivity index (χ2n) is 6.34. The summed E-state index contributed by atoms with van der Waals surface area (Å²) in [5.74, 6) is 2.04. The maximum absolute atomic E-state index is 12.9. The van der Waals surface area contributed by atoms with Gasteiger partial charge in [0, 0.05) is 0 Å². The lowest BCUT2D eigenvalue weighted by atomic mass is 10.1. The Hall–Kier alpha value is -2.57. The van der Waals surface area contributed by atoms with Crippen molar-refractivity contribution in [2.45, 2.75) is 20.8 Å². The van der Waals surface area contributed by atoms with Gasteiger partial charge in [-0.1, -0.05) is 84.7 Å². The first kappa shape index (κ1) is 19.2. The molecule has 0 unspecified atom stereocenters. The van der Waals surface area contributed by atoms with Gasteiger partial charge in [-0.15, -0.1) is 0 Å². The Morgan fingerprint density at radius 2 is 1.44 bits per heavy atom. The molecule has 2 nitrogen and oxygen atoms in total. The zero-order valence-corrected chi connectivity index (χ0v) is 16.9. The zero-order chi connectivity index (χ0) is 19.3. The Balaban J connectivity index is 2.42. The van der Waals surface area contributed by atoms with Gasteiger partial charge in [-0.25, -0.2) is 4.79 Å². The van der Waals surface area contributed by atoms with Gasteiger partial charge in [-0.3, -0.25) is 0 Å². The molecule has 0 fully saturated rings. The van der Waals surface area contributed by atoms with Crippen molar-refractivity contribution in [2.24, 2.45) is 0 Å². The standard InChI is InChI=1S/C24H25O2P/c1-4-26-24(25)23-19(3)13-12-18-22(23)27(5-2,20-14-8-6-9-15-20)21-16-10-7-11-17-21/h5-18H,4H2,1-3H3. The molecule has 0 heterocycles. The molecule has 0 amide bonds. The number of aryl methyl sites for hydroxylation is 1. The van der Waals surface area contributed by atoms with E-state index in [9.17, 15) is 4.79 Å². The Bertz CT molecular complexity index is 932. The second-order valence-corrected chi connectivity index (χ2v) is 9.82. The lowest BCUT2D eigenvalue weighted by molar-refractivity contribution is 0.0527. The highest BCUT2D eigenvalue weighted by molar-refractivity contribution is 7.94. The van der Waals surface area contributed by atoms with Gasteiger partial charge in [0.25, 0.3) is 0 Å². The lowest BCUT2D eigenvalue weighted by Crippen LogP contribution is -2.31. The molecule has 3 heteroatoms. The van der Waals surface area contributed by atoms with Gasteiger partial charge in [0.1, 0.15) is 0 Å². The van der Waals surface area contributed by atoms with Gasteiger partial charge < -0.3 is 4.74 Å². The number of benzene rings is 3. The van der Waals surface area contributed by atoms with Crippen LogP contribution in [0.15, 0.2) is 78.9 Å². The summed E-state index contributed by atoms with van der Waals surface area (Å²) in [6.45, 7) is 4.19. The van der Waals surface area contributed by atoms with Crippen LogP contribution in [0.4, 0.5) is 0 Å². The molecule has 0 radical (unpaired) electrons. The molecule has 27 heavy (non-hydrogen) atoms. The molecule has 0 aliphatic heterocycles. The van der Waals surface area contributed by atoms with Crippen molar-refractivity contribution in [3.05, 3.63) is 90.0 Å². The molecule has 0 aromatic heterocycles. The van der Waals surface area contributed by atoms with Gasteiger partial charge >= 0.3 is 5.97 Å². The first-order valence-electron chi connectivity index (χ1n) is 9.23. The molecule has 0 spiro atoms. The minimum atomic E-state index is -2.10. The molecule has 0 aliphatic rings. The number of hydrogen-bond donors (Lipinski definition) is 0. The maximum atomic E-state index is 12.9. The van der Waals surface area contributed by atoms with E-state index in [1.54, 1.807) is 0 Å². The number of rotatable bonds is 5. The number of carbonyl (C=O) groups excluding carboxylic acids is 1. The highest BCUT2D eigenvalue weighted by atomic mass is 31.2. The Morgan fingerprint density at radius 3 is 1.93 bits per heavy atom. The number of ether oxygens (including phenoxy) is 1. The topological polar surface area (TPSA) is 26.3 Å². The van der Waals surface area contributed by atoms with E-state index in [1.807, 2.05) is 38.1 Å². The molecule has 0 N–H and O–H groups in total. The van der Waals surface area contributed by atoms with E-state index in [0.717, 1.165) is 10.9 Å². The molecule has 0 bridgehead atoms. The molecule has 3 rings (SSSR count).